The predicted octanol–water partition coefficient (Wildman–Crippen LogP) is 1.19. The van der Waals surface area contributed by atoms with Crippen molar-refractivity contribution >= 4 is 5.95 Å². The van der Waals surface area contributed by atoms with Crippen molar-refractivity contribution in [3.63, 3.8) is 0 Å². The first kappa shape index (κ1) is 12.0. The molecule has 1 aromatic carbocycles. The Hall–Kier alpha value is -2.08. The number of piperazine rings is 1. The van der Waals surface area contributed by atoms with Crippen LogP contribution in [0.2, 0.25) is 0 Å². The highest BCUT2D eigenvalue weighted by molar-refractivity contribution is 5.62. The van der Waals surface area contributed by atoms with Gasteiger partial charge in [-0.05, 0) is 24.3 Å². The van der Waals surface area contributed by atoms with Crippen LogP contribution in [-0.4, -0.2) is 53.4 Å². The lowest BCUT2D eigenvalue weighted by atomic mass is 10.2. The van der Waals surface area contributed by atoms with E-state index in [0.29, 0.717) is 17.4 Å². The first-order valence-corrected chi connectivity index (χ1v) is 6.29. The second-order valence-electron chi connectivity index (χ2n) is 4.71. The molecule has 0 spiro atoms. The van der Waals surface area contributed by atoms with Crippen LogP contribution in [0.1, 0.15) is 0 Å². The number of phenols is 1. The van der Waals surface area contributed by atoms with Gasteiger partial charge in [-0.2, -0.15) is 4.98 Å². The molecule has 0 unspecified atom stereocenters. The number of phenolic OH excluding ortho intramolecular Hbond substituents is 1. The highest BCUT2D eigenvalue weighted by Gasteiger charge is 2.20. The summed E-state index contributed by atoms with van der Waals surface area (Å²) < 4.78 is 5.24. The summed E-state index contributed by atoms with van der Waals surface area (Å²) in [5, 5.41) is 13.8. The van der Waals surface area contributed by atoms with Gasteiger partial charge in [-0.1, -0.05) is 12.1 Å². The summed E-state index contributed by atoms with van der Waals surface area (Å²) in [6.45, 7) is 3.74. The van der Waals surface area contributed by atoms with Gasteiger partial charge in [-0.3, -0.25) is 0 Å². The van der Waals surface area contributed by atoms with Crippen molar-refractivity contribution in [2.45, 2.75) is 0 Å². The topological polar surface area (TPSA) is 65.6 Å². The maximum atomic E-state index is 9.77. The molecule has 2 aromatic rings. The number of anilines is 1. The number of hydrogen-bond donors (Lipinski definition) is 1. The van der Waals surface area contributed by atoms with Gasteiger partial charge in [0.2, 0.25) is 0 Å². The number of aromatic hydroxyl groups is 1. The molecular weight excluding hydrogens is 244 g/mol. The van der Waals surface area contributed by atoms with Crippen LogP contribution >= 0.6 is 0 Å². The Kier molecular flexibility index (Phi) is 3.08. The Morgan fingerprint density at radius 2 is 1.89 bits per heavy atom. The largest absolute Gasteiger partial charge is 0.507 e. The van der Waals surface area contributed by atoms with Gasteiger partial charge < -0.3 is 19.4 Å². The van der Waals surface area contributed by atoms with Crippen molar-refractivity contribution < 1.29 is 9.63 Å². The van der Waals surface area contributed by atoms with E-state index in [0.717, 1.165) is 26.2 Å². The standard InChI is InChI=1S/C13H16N4O2/c1-16-6-8-17(9-7-16)13-14-12(19-15-13)10-4-2-3-5-11(10)18/h2-5,18H,6-9H2,1H3. The van der Waals surface area contributed by atoms with Crippen LogP contribution < -0.4 is 4.90 Å². The summed E-state index contributed by atoms with van der Waals surface area (Å²) in [4.78, 5) is 8.71. The molecule has 0 amide bonds. The average molecular weight is 260 g/mol. The molecule has 6 heteroatoms. The van der Waals surface area contributed by atoms with E-state index in [-0.39, 0.29) is 5.75 Å². The SMILES string of the molecule is CN1CCN(c2noc(-c3ccccc3O)n2)CC1. The maximum Gasteiger partial charge on any atom is 0.266 e. The van der Waals surface area contributed by atoms with Crippen molar-refractivity contribution in [2.24, 2.45) is 0 Å². The summed E-state index contributed by atoms with van der Waals surface area (Å²) in [6, 6.07) is 6.96. The Morgan fingerprint density at radius 3 is 2.63 bits per heavy atom. The summed E-state index contributed by atoms with van der Waals surface area (Å²) in [5.41, 5.74) is 0.565. The van der Waals surface area contributed by atoms with Crippen LogP contribution in [0.25, 0.3) is 11.5 Å². The van der Waals surface area contributed by atoms with Gasteiger partial charge >= 0.3 is 0 Å². The molecule has 0 radical (unpaired) electrons. The summed E-state index contributed by atoms with van der Waals surface area (Å²) >= 11 is 0. The van der Waals surface area contributed by atoms with Gasteiger partial charge in [0, 0.05) is 26.2 Å². The smallest absolute Gasteiger partial charge is 0.266 e. The molecule has 0 atom stereocenters. The number of benzene rings is 1. The van der Waals surface area contributed by atoms with E-state index >= 15 is 0 Å². The lowest BCUT2D eigenvalue weighted by Gasteiger charge is -2.31. The number of nitrogens with zero attached hydrogens (tertiary/aromatic N) is 4. The summed E-state index contributed by atoms with van der Waals surface area (Å²) in [7, 11) is 2.10. The molecule has 0 saturated carbocycles. The molecule has 0 aliphatic carbocycles. The fourth-order valence-electron chi connectivity index (χ4n) is 2.11. The highest BCUT2D eigenvalue weighted by atomic mass is 16.5. The van der Waals surface area contributed by atoms with Gasteiger partial charge in [0.25, 0.3) is 11.8 Å². The van der Waals surface area contributed by atoms with Crippen molar-refractivity contribution in [1.29, 1.82) is 0 Å². The minimum Gasteiger partial charge on any atom is -0.507 e. The van der Waals surface area contributed by atoms with E-state index < -0.39 is 0 Å². The minimum atomic E-state index is 0.149. The number of aromatic nitrogens is 2. The number of hydrogen-bond acceptors (Lipinski definition) is 6. The minimum absolute atomic E-state index is 0.149. The normalized spacial score (nSPS) is 16.8. The van der Waals surface area contributed by atoms with E-state index in [1.807, 2.05) is 6.07 Å². The van der Waals surface area contributed by atoms with E-state index in [2.05, 4.69) is 27.0 Å². The van der Waals surface area contributed by atoms with E-state index in [1.54, 1.807) is 18.2 Å². The first-order valence-electron chi connectivity index (χ1n) is 6.29. The maximum absolute atomic E-state index is 9.77. The lowest BCUT2D eigenvalue weighted by molar-refractivity contribution is 0.309. The van der Waals surface area contributed by atoms with Gasteiger partial charge in [-0.15, -0.1) is 0 Å². The van der Waals surface area contributed by atoms with E-state index in [4.69, 9.17) is 4.52 Å². The van der Waals surface area contributed by atoms with Crippen molar-refractivity contribution in [3.05, 3.63) is 24.3 Å². The fourth-order valence-corrected chi connectivity index (χ4v) is 2.11. The van der Waals surface area contributed by atoms with Crippen LogP contribution in [-0.2, 0) is 0 Å². The van der Waals surface area contributed by atoms with Crippen LogP contribution in [0, 0.1) is 0 Å². The third-order valence-electron chi connectivity index (χ3n) is 3.34. The third kappa shape index (κ3) is 2.39. The van der Waals surface area contributed by atoms with Crippen LogP contribution in [0.15, 0.2) is 28.8 Å². The monoisotopic (exact) mass is 260 g/mol. The third-order valence-corrected chi connectivity index (χ3v) is 3.34. The van der Waals surface area contributed by atoms with E-state index in [1.165, 1.54) is 0 Å². The molecule has 19 heavy (non-hydrogen) atoms. The van der Waals surface area contributed by atoms with Crippen LogP contribution in [0.4, 0.5) is 5.95 Å². The second kappa shape index (κ2) is 4.89. The molecule has 100 valence electrons. The molecule has 3 rings (SSSR count). The van der Waals surface area contributed by atoms with Crippen molar-refractivity contribution in [1.82, 2.24) is 15.0 Å². The van der Waals surface area contributed by atoms with Gasteiger partial charge in [0.05, 0.1) is 5.56 Å². The van der Waals surface area contributed by atoms with Crippen LogP contribution in [0.3, 0.4) is 0 Å². The zero-order valence-electron chi connectivity index (χ0n) is 10.8. The van der Waals surface area contributed by atoms with Gasteiger partial charge in [-0.25, -0.2) is 0 Å². The molecule has 2 heterocycles. The highest BCUT2D eigenvalue weighted by Crippen LogP contribution is 2.28. The molecule has 1 fully saturated rings. The second-order valence-corrected chi connectivity index (χ2v) is 4.71. The van der Waals surface area contributed by atoms with E-state index in [9.17, 15) is 5.11 Å². The Balaban J connectivity index is 1.82. The zero-order valence-corrected chi connectivity index (χ0v) is 10.8. The van der Waals surface area contributed by atoms with Gasteiger partial charge in [0.15, 0.2) is 0 Å². The van der Waals surface area contributed by atoms with Gasteiger partial charge in [0.1, 0.15) is 5.75 Å². The molecule has 1 aromatic heterocycles. The molecule has 6 nitrogen and oxygen atoms in total. The molecular formula is C13H16N4O2. The summed E-state index contributed by atoms with van der Waals surface area (Å²) in [5.74, 6) is 1.09. The fraction of sp³-hybridized carbons (Fsp3) is 0.385. The predicted molar refractivity (Wildman–Crippen MR) is 71.1 cm³/mol. The Morgan fingerprint density at radius 1 is 1.16 bits per heavy atom. The Bertz CT molecular complexity index is 561. The quantitative estimate of drug-likeness (QED) is 0.875. The molecule has 1 N–H and O–H groups in total. The molecule has 1 aliphatic heterocycles. The number of rotatable bonds is 2. The summed E-state index contributed by atoms with van der Waals surface area (Å²) in [6.07, 6.45) is 0. The van der Waals surface area contributed by atoms with Crippen molar-refractivity contribution in [2.75, 3.05) is 38.1 Å². The molecule has 1 aliphatic rings. The zero-order chi connectivity index (χ0) is 13.2. The van der Waals surface area contributed by atoms with Crippen molar-refractivity contribution in [3.8, 4) is 17.2 Å². The van der Waals surface area contributed by atoms with Crippen LogP contribution in [0.5, 0.6) is 5.75 Å². The Labute approximate surface area is 111 Å². The molecule has 1 saturated heterocycles. The number of likely N-dealkylation sites (N-methyl/N-ethyl adjacent to an activating group) is 1. The molecule has 0 bridgehead atoms. The average Bonchev–Trinajstić information content (AvgIpc) is 2.89. The number of para-hydroxylation sites is 1. The first-order chi connectivity index (χ1) is 9.24. The lowest BCUT2D eigenvalue weighted by Crippen LogP contribution is -2.44.